The monoisotopic (exact) mass is 284 g/mol. The van der Waals surface area contributed by atoms with Crippen LogP contribution >= 0.6 is 0 Å². The zero-order chi connectivity index (χ0) is 14.4. The lowest BCUT2D eigenvalue weighted by atomic mass is 9.97. The van der Waals surface area contributed by atoms with Gasteiger partial charge >= 0.3 is 0 Å². The summed E-state index contributed by atoms with van der Waals surface area (Å²) in [5.41, 5.74) is -0.742. The molecule has 2 rings (SSSR count). The molecule has 0 aromatic heterocycles. The Bertz CT molecular complexity index is 310. The highest BCUT2D eigenvalue weighted by molar-refractivity contribution is 5.77. The van der Waals surface area contributed by atoms with Gasteiger partial charge in [-0.25, -0.2) is 0 Å². The van der Waals surface area contributed by atoms with Crippen LogP contribution in [0.1, 0.15) is 45.4 Å². The molecule has 1 atom stereocenters. The molecule has 5 heteroatoms. The average molecular weight is 284 g/mol. The van der Waals surface area contributed by atoms with E-state index in [4.69, 9.17) is 4.74 Å². The van der Waals surface area contributed by atoms with Gasteiger partial charge in [0.2, 0.25) is 5.91 Å². The van der Waals surface area contributed by atoms with Crippen LogP contribution in [-0.2, 0) is 9.53 Å². The third-order valence-corrected chi connectivity index (χ3v) is 4.41. The Morgan fingerprint density at radius 1 is 1.35 bits per heavy atom. The number of nitrogens with zero attached hydrogens (tertiary/aromatic N) is 1. The van der Waals surface area contributed by atoms with Crippen LogP contribution in [0.5, 0.6) is 0 Å². The van der Waals surface area contributed by atoms with Crippen LogP contribution in [-0.4, -0.2) is 60.4 Å². The number of amides is 1. The van der Waals surface area contributed by atoms with Crippen molar-refractivity contribution in [2.24, 2.45) is 0 Å². The molecule has 1 aliphatic heterocycles. The summed E-state index contributed by atoms with van der Waals surface area (Å²) in [6.45, 7) is 6.63. The molecule has 0 spiro atoms. The molecular weight excluding hydrogens is 256 g/mol. The Kier molecular flexibility index (Phi) is 5.81. The first-order chi connectivity index (χ1) is 9.57. The molecule has 2 aliphatic rings. The van der Waals surface area contributed by atoms with Crippen LogP contribution in [0, 0.1) is 0 Å². The number of ether oxygens (including phenoxy) is 1. The summed E-state index contributed by atoms with van der Waals surface area (Å²) in [6.07, 6.45) is 4.82. The number of carbonyl (C=O) groups excluding carboxylic acids is 1. The summed E-state index contributed by atoms with van der Waals surface area (Å²) in [6, 6.07) is 0.162. The summed E-state index contributed by atoms with van der Waals surface area (Å²) >= 11 is 0. The van der Waals surface area contributed by atoms with Gasteiger partial charge in [0.15, 0.2) is 0 Å². The fraction of sp³-hybridized carbons (Fsp3) is 0.933. The van der Waals surface area contributed by atoms with E-state index in [1.54, 1.807) is 0 Å². The molecule has 0 aromatic carbocycles. The summed E-state index contributed by atoms with van der Waals surface area (Å²) in [7, 11) is 0. The van der Waals surface area contributed by atoms with E-state index in [1.165, 1.54) is 0 Å². The van der Waals surface area contributed by atoms with Crippen LogP contribution < -0.4 is 5.32 Å². The second-order valence-electron chi connectivity index (χ2n) is 6.32. The van der Waals surface area contributed by atoms with Gasteiger partial charge in [-0.05, 0) is 26.2 Å². The zero-order valence-electron chi connectivity index (χ0n) is 12.6. The highest BCUT2D eigenvalue weighted by Gasteiger charge is 2.33. The summed E-state index contributed by atoms with van der Waals surface area (Å²) in [5, 5.41) is 13.2. The fourth-order valence-electron chi connectivity index (χ4n) is 3.11. The van der Waals surface area contributed by atoms with Crippen molar-refractivity contribution in [3.63, 3.8) is 0 Å². The third kappa shape index (κ3) is 5.04. The van der Waals surface area contributed by atoms with E-state index in [1.807, 2.05) is 6.92 Å². The standard InChI is InChI=1S/C15H28N2O3/c1-13(4-7-17-8-10-20-11-9-17)16-14(18)12-15(19)5-2-3-6-15/h13,19H,2-12H2,1H3,(H,16,18). The summed E-state index contributed by atoms with van der Waals surface area (Å²) in [5.74, 6) is -0.0103. The predicted octanol–water partition coefficient (Wildman–Crippen LogP) is 0.909. The highest BCUT2D eigenvalue weighted by Crippen LogP contribution is 2.32. The van der Waals surface area contributed by atoms with Gasteiger partial charge in [0.1, 0.15) is 0 Å². The SMILES string of the molecule is CC(CCN1CCOCC1)NC(=O)CC1(O)CCCC1. The van der Waals surface area contributed by atoms with Crippen molar-refractivity contribution >= 4 is 5.91 Å². The van der Waals surface area contributed by atoms with E-state index >= 15 is 0 Å². The number of carbonyl (C=O) groups is 1. The molecule has 5 nitrogen and oxygen atoms in total. The van der Waals surface area contributed by atoms with E-state index in [0.717, 1.165) is 65.0 Å². The molecule has 2 fully saturated rings. The normalized spacial score (nSPS) is 24.5. The highest BCUT2D eigenvalue weighted by atomic mass is 16.5. The number of nitrogens with one attached hydrogen (secondary N) is 1. The van der Waals surface area contributed by atoms with E-state index in [9.17, 15) is 9.90 Å². The number of morpholine rings is 1. The van der Waals surface area contributed by atoms with Gasteiger partial charge in [-0.1, -0.05) is 12.8 Å². The maximum Gasteiger partial charge on any atom is 0.223 e. The molecule has 2 N–H and O–H groups in total. The average Bonchev–Trinajstić information content (AvgIpc) is 2.83. The second-order valence-corrected chi connectivity index (χ2v) is 6.32. The molecule has 0 bridgehead atoms. The van der Waals surface area contributed by atoms with Gasteiger partial charge in [-0.15, -0.1) is 0 Å². The topological polar surface area (TPSA) is 61.8 Å². The number of hydrogen-bond acceptors (Lipinski definition) is 4. The van der Waals surface area contributed by atoms with Crippen LogP contribution in [0.4, 0.5) is 0 Å². The number of hydrogen-bond donors (Lipinski definition) is 2. The van der Waals surface area contributed by atoms with E-state index in [2.05, 4.69) is 10.2 Å². The zero-order valence-corrected chi connectivity index (χ0v) is 12.6. The first kappa shape index (κ1) is 15.7. The molecule has 116 valence electrons. The fourth-order valence-corrected chi connectivity index (χ4v) is 3.11. The van der Waals surface area contributed by atoms with Crippen molar-refractivity contribution in [2.45, 2.75) is 57.1 Å². The predicted molar refractivity (Wildman–Crippen MR) is 77.5 cm³/mol. The minimum Gasteiger partial charge on any atom is -0.389 e. The molecule has 20 heavy (non-hydrogen) atoms. The molecule has 1 unspecified atom stereocenters. The minimum atomic E-state index is -0.742. The Hall–Kier alpha value is -0.650. The molecule has 1 saturated heterocycles. The van der Waals surface area contributed by atoms with Gasteiger partial charge in [-0.2, -0.15) is 0 Å². The quantitative estimate of drug-likeness (QED) is 0.761. The first-order valence-corrected chi connectivity index (χ1v) is 7.89. The molecule has 1 aliphatic carbocycles. The Labute approximate surface area is 121 Å². The third-order valence-electron chi connectivity index (χ3n) is 4.41. The lowest BCUT2D eigenvalue weighted by Crippen LogP contribution is -2.42. The largest absolute Gasteiger partial charge is 0.389 e. The van der Waals surface area contributed by atoms with Crippen molar-refractivity contribution < 1.29 is 14.6 Å². The second kappa shape index (κ2) is 7.38. The van der Waals surface area contributed by atoms with Crippen LogP contribution in [0.15, 0.2) is 0 Å². The minimum absolute atomic E-state index is 0.0103. The molecule has 0 aromatic rings. The van der Waals surface area contributed by atoms with Crippen molar-refractivity contribution in [3.05, 3.63) is 0 Å². The maximum absolute atomic E-state index is 12.0. The van der Waals surface area contributed by atoms with E-state index < -0.39 is 5.60 Å². The van der Waals surface area contributed by atoms with Crippen LogP contribution in [0.2, 0.25) is 0 Å². The van der Waals surface area contributed by atoms with Crippen molar-refractivity contribution in [2.75, 3.05) is 32.8 Å². The van der Waals surface area contributed by atoms with E-state index in [-0.39, 0.29) is 18.4 Å². The first-order valence-electron chi connectivity index (χ1n) is 7.89. The van der Waals surface area contributed by atoms with Crippen molar-refractivity contribution in [3.8, 4) is 0 Å². The number of rotatable bonds is 6. The van der Waals surface area contributed by atoms with Gasteiger partial charge in [0.25, 0.3) is 0 Å². The van der Waals surface area contributed by atoms with Gasteiger partial charge in [0, 0.05) is 25.7 Å². The molecule has 1 saturated carbocycles. The molecule has 0 radical (unpaired) electrons. The van der Waals surface area contributed by atoms with Crippen LogP contribution in [0.25, 0.3) is 0 Å². The molecule has 1 amide bonds. The van der Waals surface area contributed by atoms with E-state index in [0.29, 0.717) is 0 Å². The van der Waals surface area contributed by atoms with Gasteiger partial charge < -0.3 is 15.2 Å². The van der Waals surface area contributed by atoms with Crippen LogP contribution in [0.3, 0.4) is 0 Å². The lowest BCUT2D eigenvalue weighted by Gasteiger charge is -2.28. The summed E-state index contributed by atoms with van der Waals surface area (Å²) in [4.78, 5) is 14.3. The van der Waals surface area contributed by atoms with Crippen molar-refractivity contribution in [1.29, 1.82) is 0 Å². The Morgan fingerprint density at radius 3 is 2.65 bits per heavy atom. The summed E-state index contributed by atoms with van der Waals surface area (Å²) < 4.78 is 5.32. The molecule has 1 heterocycles. The van der Waals surface area contributed by atoms with Crippen molar-refractivity contribution in [1.82, 2.24) is 10.2 Å². The lowest BCUT2D eigenvalue weighted by molar-refractivity contribution is -0.126. The number of aliphatic hydroxyl groups is 1. The molecular formula is C15H28N2O3. The van der Waals surface area contributed by atoms with Gasteiger partial charge in [-0.3, -0.25) is 9.69 Å². The Balaban J connectivity index is 1.63. The Morgan fingerprint density at radius 2 is 2.00 bits per heavy atom. The smallest absolute Gasteiger partial charge is 0.223 e. The van der Waals surface area contributed by atoms with Gasteiger partial charge in [0.05, 0.1) is 25.2 Å². The maximum atomic E-state index is 12.0.